The highest BCUT2D eigenvalue weighted by molar-refractivity contribution is 4.65. The third-order valence-corrected chi connectivity index (χ3v) is 1.07. The molecule has 1 saturated heterocycles. The summed E-state index contributed by atoms with van der Waals surface area (Å²) in [6.45, 7) is -0.869. The van der Waals surface area contributed by atoms with Gasteiger partial charge in [0.1, 0.15) is 0 Å². The van der Waals surface area contributed by atoms with E-state index in [0.717, 1.165) is 0 Å². The highest BCUT2D eigenvalue weighted by Gasteiger charge is 2.06. The average molecular weight is 103 g/mol. The summed E-state index contributed by atoms with van der Waals surface area (Å²) in [6, 6.07) is 0. The van der Waals surface area contributed by atoms with Gasteiger partial charge in [0.2, 0.25) is 0 Å². The van der Waals surface area contributed by atoms with Crippen LogP contribution in [0.2, 0.25) is 0 Å². The zero-order chi connectivity index (χ0) is 6.91. The van der Waals surface area contributed by atoms with E-state index in [1.165, 1.54) is 0 Å². The Labute approximate surface area is 46.3 Å². The molecule has 1 rings (SSSR count). The summed E-state index contributed by atoms with van der Waals surface area (Å²) in [4.78, 5) is 0. The van der Waals surface area contributed by atoms with Gasteiger partial charge >= 0.3 is 0 Å². The quantitative estimate of drug-likeness (QED) is 0.442. The van der Waals surface area contributed by atoms with Crippen molar-refractivity contribution in [1.82, 2.24) is 5.32 Å². The molecule has 0 aromatic carbocycles. The van der Waals surface area contributed by atoms with Gasteiger partial charge in [0.25, 0.3) is 0 Å². The highest BCUT2D eigenvalue weighted by atomic mass is 16.3. The van der Waals surface area contributed by atoms with Crippen molar-refractivity contribution >= 4 is 0 Å². The molecule has 0 radical (unpaired) electrons. The van der Waals surface area contributed by atoms with E-state index in [9.17, 15) is 0 Å². The molecule has 1 fully saturated rings. The van der Waals surface area contributed by atoms with E-state index in [1.54, 1.807) is 0 Å². The second kappa shape index (κ2) is 2.28. The molecule has 1 heterocycles. The number of rotatable bonds is 0. The van der Waals surface area contributed by atoms with Crippen LogP contribution in [0.5, 0.6) is 0 Å². The van der Waals surface area contributed by atoms with Crippen LogP contribution in [0, 0.1) is 0 Å². The van der Waals surface area contributed by atoms with Crippen LogP contribution in [-0.2, 0) is 0 Å². The smallest absolute Gasteiger partial charge is 0.0665 e. The fraction of sp³-hybridized carbons (Fsp3) is 1.00. The lowest BCUT2D eigenvalue weighted by atomic mass is 10.1. The molecule has 0 aromatic heterocycles. The first-order valence-electron chi connectivity index (χ1n) is 3.53. The van der Waals surface area contributed by atoms with Gasteiger partial charge in [-0.1, -0.05) is 0 Å². The van der Waals surface area contributed by atoms with Crippen LogP contribution < -0.4 is 5.32 Å². The molecule has 0 bridgehead atoms. The third-order valence-electron chi connectivity index (χ3n) is 1.07. The van der Waals surface area contributed by atoms with Crippen LogP contribution >= 0.6 is 0 Å². The Bertz CT molecular complexity index is 97.1. The molecule has 0 saturated carbocycles. The topological polar surface area (TPSA) is 32.3 Å². The number of hydrogen-bond acceptors (Lipinski definition) is 2. The maximum absolute atomic E-state index is 8.91. The zero-order valence-electron chi connectivity index (χ0n) is 6.15. The Kier molecular flexibility index (Phi) is 0.995. The maximum Gasteiger partial charge on any atom is 0.0665 e. The zero-order valence-corrected chi connectivity index (χ0v) is 4.15. The molecule has 0 aromatic rings. The minimum Gasteiger partial charge on any atom is -0.392 e. The minimum atomic E-state index is -1.25. The van der Waals surface area contributed by atoms with Gasteiger partial charge in [-0.15, -0.1) is 0 Å². The lowest BCUT2D eigenvalue weighted by Crippen LogP contribution is -2.33. The van der Waals surface area contributed by atoms with E-state index in [4.69, 9.17) is 7.85 Å². The Morgan fingerprint density at radius 3 is 3.14 bits per heavy atom. The largest absolute Gasteiger partial charge is 0.392 e. The summed E-state index contributed by atoms with van der Waals surface area (Å²) in [7, 11) is 0. The minimum absolute atomic E-state index is 0.353. The fourth-order valence-electron chi connectivity index (χ4n) is 0.619. The maximum atomic E-state index is 8.91. The molecule has 2 N–H and O–H groups in total. The first-order valence-corrected chi connectivity index (χ1v) is 2.53. The van der Waals surface area contributed by atoms with E-state index in [-0.39, 0.29) is 6.10 Å². The van der Waals surface area contributed by atoms with Crippen molar-refractivity contribution in [1.29, 1.82) is 0 Å². The van der Waals surface area contributed by atoms with Crippen LogP contribution in [-0.4, -0.2) is 24.3 Å². The monoisotopic (exact) mass is 103 g/mol. The van der Waals surface area contributed by atoms with Gasteiger partial charge < -0.3 is 10.4 Å². The predicted octanol–water partition coefficient (Wildman–Crippen LogP) is -0.269. The van der Waals surface area contributed by atoms with Crippen LogP contribution in [0.3, 0.4) is 0 Å². The Hall–Kier alpha value is -0.0800. The van der Waals surface area contributed by atoms with Crippen molar-refractivity contribution in [3.05, 3.63) is 0 Å². The van der Waals surface area contributed by atoms with Gasteiger partial charge in [0, 0.05) is 9.29 Å². The molecule has 0 amide bonds. The molecular weight excluding hydrogens is 90.1 g/mol. The number of nitrogens with one attached hydrogen (secondary N) is 1. The van der Waals surface area contributed by atoms with Crippen molar-refractivity contribution < 1.29 is 7.85 Å². The lowest BCUT2D eigenvalue weighted by Gasteiger charge is -2.16. The summed E-state index contributed by atoms with van der Waals surface area (Å²) >= 11 is 0. The van der Waals surface area contributed by atoms with Gasteiger partial charge in [-0.3, -0.25) is 0 Å². The van der Waals surface area contributed by atoms with Crippen molar-refractivity contribution in [2.45, 2.75) is 18.9 Å². The number of hydrogen-bond donors (Lipinski definition) is 2. The van der Waals surface area contributed by atoms with Crippen LogP contribution in [0.1, 0.15) is 15.6 Å². The Morgan fingerprint density at radius 2 is 2.71 bits per heavy atom. The molecule has 1 atom stereocenters. The Balaban J connectivity index is 2.35. The summed E-state index contributed by atoms with van der Waals surface area (Å²) in [5.74, 6) is 0. The molecule has 2 heteroatoms. The van der Waals surface area contributed by atoms with Crippen molar-refractivity contribution in [2.24, 2.45) is 0 Å². The van der Waals surface area contributed by atoms with E-state index in [0.29, 0.717) is 19.4 Å². The molecule has 0 spiro atoms. The molecule has 1 aliphatic heterocycles. The van der Waals surface area contributed by atoms with Crippen molar-refractivity contribution in [3.63, 3.8) is 0 Å². The van der Waals surface area contributed by atoms with E-state index >= 15 is 0 Å². The van der Waals surface area contributed by atoms with Crippen LogP contribution in [0.15, 0.2) is 0 Å². The lowest BCUT2D eigenvalue weighted by molar-refractivity contribution is 0.142. The second-order valence-electron chi connectivity index (χ2n) is 1.75. The first-order chi connectivity index (χ1) is 4.10. The SMILES string of the molecule is [2H]C1([2H])CCC(O)CN1. The second-order valence-corrected chi connectivity index (χ2v) is 1.75. The summed E-state index contributed by atoms with van der Waals surface area (Å²) in [6.07, 6.45) is 0.627. The van der Waals surface area contributed by atoms with E-state index < -0.39 is 6.50 Å². The molecule has 42 valence electrons. The van der Waals surface area contributed by atoms with Gasteiger partial charge in [-0.25, -0.2) is 0 Å². The fourth-order valence-corrected chi connectivity index (χ4v) is 0.619. The summed E-state index contributed by atoms with van der Waals surface area (Å²) in [5.41, 5.74) is 0. The van der Waals surface area contributed by atoms with Crippen LogP contribution in [0.4, 0.5) is 0 Å². The number of aliphatic hydroxyl groups excluding tert-OH is 1. The number of β-amino-alcohol motifs (C(OH)–C–C–N with tert-alkyl or cyclic N) is 1. The van der Waals surface area contributed by atoms with Gasteiger partial charge in [0.15, 0.2) is 0 Å². The van der Waals surface area contributed by atoms with Gasteiger partial charge in [-0.2, -0.15) is 0 Å². The molecule has 1 unspecified atom stereocenters. The summed E-state index contributed by atoms with van der Waals surface area (Å²) < 4.78 is 14.3. The molecule has 0 aliphatic carbocycles. The number of aliphatic hydroxyl groups is 1. The van der Waals surface area contributed by atoms with Crippen LogP contribution in [0.25, 0.3) is 0 Å². The first kappa shape index (κ1) is 3.05. The molecule has 7 heavy (non-hydrogen) atoms. The normalized spacial score (nSPS) is 44.4. The van der Waals surface area contributed by atoms with E-state index in [2.05, 4.69) is 5.32 Å². The van der Waals surface area contributed by atoms with Gasteiger partial charge in [-0.05, 0) is 19.3 Å². The summed E-state index contributed by atoms with van der Waals surface area (Å²) in [5, 5.41) is 11.5. The average Bonchev–Trinajstić information content (AvgIpc) is 1.78. The van der Waals surface area contributed by atoms with Crippen molar-refractivity contribution in [2.75, 3.05) is 13.0 Å². The molecule has 2 nitrogen and oxygen atoms in total. The number of piperidine rings is 1. The van der Waals surface area contributed by atoms with Crippen molar-refractivity contribution in [3.8, 4) is 0 Å². The highest BCUT2D eigenvalue weighted by Crippen LogP contribution is 1.98. The van der Waals surface area contributed by atoms with Gasteiger partial charge in [0.05, 0.1) is 6.10 Å². The third kappa shape index (κ3) is 1.45. The Morgan fingerprint density at radius 1 is 1.86 bits per heavy atom. The molecule has 1 aliphatic rings. The predicted molar refractivity (Wildman–Crippen MR) is 28.1 cm³/mol. The van der Waals surface area contributed by atoms with E-state index in [1.807, 2.05) is 0 Å². The standard InChI is InChI=1S/C5H11NO/c7-5-2-1-3-6-4-5/h5-7H,1-4H2/i3D2. The molecular formula is C5H11NO.